The number of carbonyl (C=O) groups is 2. The molecule has 0 heterocycles. The highest BCUT2D eigenvalue weighted by molar-refractivity contribution is 5.86. The molecule has 0 fully saturated rings. The minimum absolute atomic E-state index is 0.0931. The minimum atomic E-state index is -0.447. The van der Waals surface area contributed by atoms with Gasteiger partial charge in [0.25, 0.3) is 0 Å². The van der Waals surface area contributed by atoms with Crippen LogP contribution in [0, 0.1) is 0 Å². The molecule has 4 heteroatoms. The second-order valence-electron chi connectivity index (χ2n) is 6.78. The number of esters is 2. The summed E-state index contributed by atoms with van der Waals surface area (Å²) in [5, 5.41) is 0. The molecular weight excluding hydrogens is 316 g/mol. The van der Waals surface area contributed by atoms with Gasteiger partial charge >= 0.3 is 11.9 Å². The topological polar surface area (TPSA) is 52.6 Å². The van der Waals surface area contributed by atoms with Gasteiger partial charge in [0.1, 0.15) is 13.2 Å². The highest BCUT2D eigenvalue weighted by atomic mass is 16.6. The van der Waals surface area contributed by atoms with Crippen LogP contribution in [0.5, 0.6) is 0 Å². The first kappa shape index (κ1) is 23.7. The second kappa shape index (κ2) is 17.5. The van der Waals surface area contributed by atoms with Crippen LogP contribution >= 0.6 is 0 Å². The van der Waals surface area contributed by atoms with Crippen LogP contribution in [0.25, 0.3) is 0 Å². The van der Waals surface area contributed by atoms with Crippen molar-refractivity contribution in [3.63, 3.8) is 0 Å². The first-order chi connectivity index (χ1) is 12.1. The maximum Gasteiger partial charge on any atom is 0.333 e. The molecule has 0 atom stereocenters. The Morgan fingerprint density at radius 3 is 1.64 bits per heavy atom. The van der Waals surface area contributed by atoms with E-state index in [0.29, 0.717) is 12.0 Å². The van der Waals surface area contributed by atoms with Gasteiger partial charge in [-0.05, 0) is 13.3 Å². The maximum atomic E-state index is 11.5. The number of unbranched alkanes of at least 4 members (excludes halogenated alkanes) is 11. The van der Waals surface area contributed by atoms with Gasteiger partial charge in [-0.15, -0.1) is 0 Å². The molecular formula is C21H38O4. The van der Waals surface area contributed by atoms with Gasteiger partial charge in [-0.25, -0.2) is 4.79 Å². The van der Waals surface area contributed by atoms with Crippen molar-refractivity contribution >= 4 is 11.9 Å². The van der Waals surface area contributed by atoms with Gasteiger partial charge in [-0.3, -0.25) is 4.79 Å². The summed E-state index contributed by atoms with van der Waals surface area (Å²) in [6.07, 6.45) is 15.7. The largest absolute Gasteiger partial charge is 0.462 e. The van der Waals surface area contributed by atoms with E-state index in [-0.39, 0.29) is 19.2 Å². The van der Waals surface area contributed by atoms with Gasteiger partial charge in [0, 0.05) is 12.0 Å². The van der Waals surface area contributed by atoms with Crippen molar-refractivity contribution in [2.24, 2.45) is 0 Å². The zero-order valence-electron chi connectivity index (χ0n) is 16.4. The lowest BCUT2D eigenvalue weighted by Crippen LogP contribution is -2.14. The van der Waals surface area contributed by atoms with Crippen LogP contribution < -0.4 is 0 Å². The van der Waals surface area contributed by atoms with Gasteiger partial charge in [-0.2, -0.15) is 0 Å². The van der Waals surface area contributed by atoms with Gasteiger partial charge < -0.3 is 9.47 Å². The number of hydrogen-bond acceptors (Lipinski definition) is 4. The summed E-state index contributed by atoms with van der Waals surface area (Å²) in [6, 6.07) is 0. The Bertz CT molecular complexity index is 363. The van der Waals surface area contributed by atoms with E-state index in [1.807, 2.05) is 0 Å². The molecule has 0 aromatic rings. The highest BCUT2D eigenvalue weighted by Crippen LogP contribution is 2.12. The average molecular weight is 355 g/mol. The summed E-state index contributed by atoms with van der Waals surface area (Å²) < 4.78 is 9.88. The van der Waals surface area contributed by atoms with E-state index in [9.17, 15) is 9.59 Å². The molecule has 0 spiro atoms. The standard InChI is InChI=1S/C21H38O4/c1-4-5-6-7-8-9-10-11-12-13-14-15-16-20(22)24-17-18-25-21(23)19(2)3/h2,4-18H2,1,3H3. The van der Waals surface area contributed by atoms with Crippen LogP contribution in [-0.2, 0) is 19.1 Å². The molecule has 0 aliphatic carbocycles. The monoisotopic (exact) mass is 354 g/mol. The Kier molecular flexibility index (Phi) is 16.6. The molecule has 0 N–H and O–H groups in total. The van der Waals surface area contributed by atoms with E-state index in [2.05, 4.69) is 13.5 Å². The number of rotatable bonds is 17. The van der Waals surface area contributed by atoms with Crippen molar-refractivity contribution in [2.45, 2.75) is 97.3 Å². The summed E-state index contributed by atoms with van der Waals surface area (Å²) in [5.41, 5.74) is 0.350. The van der Waals surface area contributed by atoms with Crippen molar-refractivity contribution in [1.29, 1.82) is 0 Å². The molecule has 0 radical (unpaired) electrons. The molecule has 146 valence electrons. The van der Waals surface area contributed by atoms with E-state index in [1.54, 1.807) is 6.92 Å². The first-order valence-electron chi connectivity index (χ1n) is 10.1. The molecule has 0 bridgehead atoms. The summed E-state index contributed by atoms with van der Waals surface area (Å²) in [5.74, 6) is -0.657. The van der Waals surface area contributed by atoms with Crippen LogP contribution in [0.3, 0.4) is 0 Å². The van der Waals surface area contributed by atoms with Gasteiger partial charge in [-0.1, -0.05) is 84.1 Å². The van der Waals surface area contributed by atoms with Crippen LogP contribution in [0.2, 0.25) is 0 Å². The Morgan fingerprint density at radius 1 is 0.720 bits per heavy atom. The molecule has 0 unspecified atom stereocenters. The Morgan fingerprint density at radius 2 is 1.16 bits per heavy atom. The van der Waals surface area contributed by atoms with E-state index >= 15 is 0 Å². The molecule has 0 aromatic carbocycles. The predicted octanol–water partition coefficient (Wildman–Crippen LogP) is 5.74. The summed E-state index contributed by atoms with van der Waals surface area (Å²) >= 11 is 0. The molecule has 25 heavy (non-hydrogen) atoms. The van der Waals surface area contributed by atoms with Crippen molar-refractivity contribution in [2.75, 3.05) is 13.2 Å². The van der Waals surface area contributed by atoms with Crippen molar-refractivity contribution < 1.29 is 19.1 Å². The van der Waals surface area contributed by atoms with Gasteiger partial charge in [0.15, 0.2) is 0 Å². The normalized spacial score (nSPS) is 10.5. The molecule has 0 amide bonds. The highest BCUT2D eigenvalue weighted by Gasteiger charge is 2.05. The molecule has 0 saturated carbocycles. The zero-order chi connectivity index (χ0) is 18.8. The van der Waals surface area contributed by atoms with Crippen molar-refractivity contribution in [3.05, 3.63) is 12.2 Å². The minimum Gasteiger partial charge on any atom is -0.462 e. The van der Waals surface area contributed by atoms with Crippen LogP contribution in [0.4, 0.5) is 0 Å². The second-order valence-corrected chi connectivity index (χ2v) is 6.78. The van der Waals surface area contributed by atoms with Crippen molar-refractivity contribution in [1.82, 2.24) is 0 Å². The quantitative estimate of drug-likeness (QED) is 0.190. The molecule has 0 aliphatic heterocycles. The number of carbonyl (C=O) groups excluding carboxylic acids is 2. The fourth-order valence-electron chi connectivity index (χ4n) is 2.60. The molecule has 0 saturated heterocycles. The zero-order valence-corrected chi connectivity index (χ0v) is 16.4. The van der Waals surface area contributed by atoms with Crippen LogP contribution in [-0.4, -0.2) is 25.2 Å². The molecule has 0 aromatic heterocycles. The predicted molar refractivity (Wildman–Crippen MR) is 102 cm³/mol. The first-order valence-corrected chi connectivity index (χ1v) is 10.1. The van der Waals surface area contributed by atoms with Crippen LogP contribution in [0.15, 0.2) is 12.2 Å². The van der Waals surface area contributed by atoms with E-state index < -0.39 is 5.97 Å². The van der Waals surface area contributed by atoms with E-state index in [0.717, 1.165) is 12.8 Å². The molecule has 0 rings (SSSR count). The Hall–Kier alpha value is -1.32. The fraction of sp³-hybridized carbons (Fsp3) is 0.810. The maximum absolute atomic E-state index is 11.5. The van der Waals surface area contributed by atoms with E-state index in [4.69, 9.17) is 9.47 Å². The third-order valence-corrected chi connectivity index (χ3v) is 4.16. The Balaban J connectivity index is 3.24. The number of hydrogen-bond donors (Lipinski definition) is 0. The SMILES string of the molecule is C=C(C)C(=O)OCCOC(=O)CCCCCCCCCCCCCC. The lowest BCUT2D eigenvalue weighted by Gasteiger charge is -2.06. The van der Waals surface area contributed by atoms with Gasteiger partial charge in [0.05, 0.1) is 0 Å². The third kappa shape index (κ3) is 17.3. The summed E-state index contributed by atoms with van der Waals surface area (Å²) in [6.45, 7) is 7.53. The molecule has 0 aliphatic rings. The Labute approximate surface area is 154 Å². The lowest BCUT2D eigenvalue weighted by atomic mass is 10.0. The summed E-state index contributed by atoms with van der Waals surface area (Å²) in [4.78, 5) is 22.6. The van der Waals surface area contributed by atoms with E-state index in [1.165, 1.54) is 64.2 Å². The van der Waals surface area contributed by atoms with Crippen molar-refractivity contribution in [3.8, 4) is 0 Å². The molecule has 4 nitrogen and oxygen atoms in total. The fourth-order valence-corrected chi connectivity index (χ4v) is 2.60. The third-order valence-electron chi connectivity index (χ3n) is 4.16. The summed E-state index contributed by atoms with van der Waals surface area (Å²) in [7, 11) is 0. The smallest absolute Gasteiger partial charge is 0.333 e. The number of ether oxygens (including phenoxy) is 2. The average Bonchev–Trinajstić information content (AvgIpc) is 2.59. The lowest BCUT2D eigenvalue weighted by molar-refractivity contribution is -0.150. The van der Waals surface area contributed by atoms with Crippen LogP contribution in [0.1, 0.15) is 97.3 Å². The van der Waals surface area contributed by atoms with Gasteiger partial charge in [0.2, 0.25) is 0 Å².